The van der Waals surface area contributed by atoms with Gasteiger partial charge in [-0.1, -0.05) is 32.1 Å². The lowest BCUT2D eigenvalue weighted by Crippen LogP contribution is -2.27. The molecule has 2 aromatic heterocycles. The Morgan fingerprint density at radius 1 is 1.48 bits per heavy atom. The number of nitriles is 1. The first-order valence-electron chi connectivity index (χ1n) is 6.03. The normalized spacial score (nSPS) is 11.3. The molecule has 2 N–H and O–H groups in total. The Morgan fingerprint density at radius 3 is 2.67 bits per heavy atom. The summed E-state index contributed by atoms with van der Waals surface area (Å²) in [5.41, 5.74) is -0.202. The van der Waals surface area contributed by atoms with E-state index in [1.807, 2.05) is 6.07 Å². The first kappa shape index (κ1) is 14.9. The molecule has 0 atom stereocenters. The van der Waals surface area contributed by atoms with Crippen LogP contribution in [0.2, 0.25) is 0 Å². The van der Waals surface area contributed by atoms with Gasteiger partial charge in [0.1, 0.15) is 17.3 Å². The lowest BCUT2D eigenvalue weighted by molar-refractivity contribution is -0.137. The van der Waals surface area contributed by atoms with E-state index in [2.05, 4.69) is 15.4 Å². The number of aromatic nitrogens is 3. The van der Waals surface area contributed by atoms with E-state index < -0.39 is 17.9 Å². The number of thiazole rings is 1. The highest BCUT2D eigenvalue weighted by Gasteiger charge is 2.24. The van der Waals surface area contributed by atoms with Crippen LogP contribution in [0.1, 0.15) is 26.5 Å². The highest BCUT2D eigenvalue weighted by Crippen LogP contribution is 2.29. The van der Waals surface area contributed by atoms with Gasteiger partial charge in [0, 0.05) is 5.41 Å². The molecule has 0 saturated heterocycles. The van der Waals surface area contributed by atoms with Crippen molar-refractivity contribution in [2.75, 3.05) is 5.32 Å². The van der Waals surface area contributed by atoms with Gasteiger partial charge in [-0.15, -0.1) is 0 Å². The molecule has 0 unspecified atom stereocenters. The average Bonchev–Trinajstić information content (AvgIpc) is 2.87. The van der Waals surface area contributed by atoms with Gasteiger partial charge in [-0.3, -0.25) is 9.59 Å². The molecule has 110 valence electrons. The van der Waals surface area contributed by atoms with Gasteiger partial charge in [-0.25, -0.2) is 4.68 Å². The molecule has 0 bridgehead atoms. The molecule has 0 aromatic carbocycles. The molecule has 21 heavy (non-hydrogen) atoms. The Labute approximate surface area is 124 Å². The molecule has 2 heterocycles. The molecule has 0 saturated carbocycles. The second-order valence-corrected chi connectivity index (χ2v) is 6.39. The van der Waals surface area contributed by atoms with Crippen LogP contribution in [0, 0.1) is 16.7 Å². The number of carboxylic acids is 1. The van der Waals surface area contributed by atoms with Crippen LogP contribution in [0.25, 0.3) is 10.3 Å². The minimum absolute atomic E-state index is 0.0972. The van der Waals surface area contributed by atoms with Crippen molar-refractivity contribution in [1.29, 1.82) is 5.26 Å². The Morgan fingerprint density at radius 2 is 2.14 bits per heavy atom. The van der Waals surface area contributed by atoms with Gasteiger partial charge >= 0.3 is 5.97 Å². The van der Waals surface area contributed by atoms with E-state index in [1.54, 1.807) is 20.8 Å². The number of aliphatic carboxylic acids is 1. The number of carbonyl (C=O) groups excluding carboxylic acids is 1. The summed E-state index contributed by atoms with van der Waals surface area (Å²) in [6, 6.07) is 1.89. The highest BCUT2D eigenvalue weighted by atomic mass is 32.1. The number of carboxylic acid groups (broad SMARTS) is 1. The topological polar surface area (TPSA) is 121 Å². The average molecular weight is 307 g/mol. The summed E-state index contributed by atoms with van der Waals surface area (Å²) in [5.74, 6) is -1.30. The lowest BCUT2D eigenvalue weighted by Gasteiger charge is -2.15. The van der Waals surface area contributed by atoms with Crippen LogP contribution in [0.15, 0.2) is 0 Å². The number of nitrogens with one attached hydrogen (secondary N) is 1. The zero-order valence-electron chi connectivity index (χ0n) is 11.7. The number of nitrogens with zero attached hydrogens (tertiary/aromatic N) is 4. The summed E-state index contributed by atoms with van der Waals surface area (Å²) < 4.78 is 1.60. The van der Waals surface area contributed by atoms with Crippen LogP contribution >= 0.6 is 11.3 Å². The Balaban J connectivity index is 2.41. The number of anilines is 1. The summed E-state index contributed by atoms with van der Waals surface area (Å²) in [4.78, 5) is 26.9. The summed E-state index contributed by atoms with van der Waals surface area (Å²) in [7, 11) is 0. The van der Waals surface area contributed by atoms with Gasteiger partial charge in [-0.05, 0) is 0 Å². The van der Waals surface area contributed by atoms with Crippen molar-refractivity contribution >= 4 is 38.7 Å². The number of fused-ring (bicyclic) bond motifs is 1. The van der Waals surface area contributed by atoms with Crippen LogP contribution < -0.4 is 5.32 Å². The minimum atomic E-state index is -1.09. The molecule has 0 aliphatic carbocycles. The maximum Gasteiger partial charge on any atom is 0.325 e. The van der Waals surface area contributed by atoms with Gasteiger partial charge in [0.25, 0.3) is 0 Å². The van der Waals surface area contributed by atoms with Gasteiger partial charge < -0.3 is 10.4 Å². The maximum absolute atomic E-state index is 11.9. The van der Waals surface area contributed by atoms with Crippen LogP contribution in [0.4, 0.5) is 5.13 Å². The van der Waals surface area contributed by atoms with Crippen LogP contribution in [-0.4, -0.2) is 31.7 Å². The molecule has 9 heteroatoms. The third kappa shape index (κ3) is 3.00. The van der Waals surface area contributed by atoms with Crippen LogP contribution in [-0.2, 0) is 16.1 Å². The standard InChI is InChI=1S/C12H13N5O3S/c1-12(2,3)10(20)15-11-14-9-8(21-11)6(4-13)16-17(9)5-7(18)19/h5H2,1-3H3,(H,18,19)(H,14,15,20). The van der Waals surface area contributed by atoms with Gasteiger partial charge in [0.15, 0.2) is 16.5 Å². The van der Waals surface area contributed by atoms with Crippen molar-refractivity contribution in [3.05, 3.63) is 5.69 Å². The molecule has 0 aliphatic heterocycles. The predicted molar refractivity (Wildman–Crippen MR) is 75.8 cm³/mol. The summed E-state index contributed by atoms with van der Waals surface area (Å²) in [6.45, 7) is 4.90. The number of carbonyl (C=O) groups is 2. The SMILES string of the molecule is CC(C)(C)C(=O)Nc1nc2c(s1)c(C#N)nn2CC(=O)O. The molecule has 0 fully saturated rings. The second-order valence-electron chi connectivity index (χ2n) is 5.39. The van der Waals surface area contributed by atoms with E-state index in [-0.39, 0.29) is 17.2 Å². The Kier molecular flexibility index (Phi) is 3.65. The third-order valence-corrected chi connectivity index (χ3v) is 3.55. The van der Waals surface area contributed by atoms with Crippen molar-refractivity contribution in [3.63, 3.8) is 0 Å². The molecule has 0 radical (unpaired) electrons. The Hall–Kier alpha value is -2.47. The maximum atomic E-state index is 11.9. The molecule has 2 aromatic rings. The zero-order chi connectivity index (χ0) is 15.8. The smallest absolute Gasteiger partial charge is 0.325 e. The lowest BCUT2D eigenvalue weighted by atomic mass is 9.96. The first-order valence-corrected chi connectivity index (χ1v) is 6.84. The number of rotatable bonds is 3. The highest BCUT2D eigenvalue weighted by molar-refractivity contribution is 7.22. The van der Waals surface area contributed by atoms with E-state index >= 15 is 0 Å². The summed E-state index contributed by atoms with van der Waals surface area (Å²) in [6.07, 6.45) is 0. The van der Waals surface area contributed by atoms with E-state index in [9.17, 15) is 9.59 Å². The predicted octanol–water partition coefficient (Wildman–Crippen LogP) is 1.43. The molecule has 8 nitrogen and oxygen atoms in total. The fourth-order valence-electron chi connectivity index (χ4n) is 1.50. The molecule has 0 spiro atoms. The quantitative estimate of drug-likeness (QED) is 0.884. The second kappa shape index (κ2) is 5.14. The third-order valence-electron chi connectivity index (χ3n) is 2.58. The van der Waals surface area contributed by atoms with Gasteiger partial charge in [-0.2, -0.15) is 15.3 Å². The first-order chi connectivity index (χ1) is 9.72. The van der Waals surface area contributed by atoms with Crippen molar-refractivity contribution in [2.45, 2.75) is 27.3 Å². The largest absolute Gasteiger partial charge is 0.480 e. The molecule has 1 amide bonds. The van der Waals surface area contributed by atoms with Crippen molar-refractivity contribution in [2.24, 2.45) is 5.41 Å². The molecule has 0 aliphatic rings. The molecular weight excluding hydrogens is 294 g/mol. The van der Waals surface area contributed by atoms with E-state index in [0.717, 1.165) is 16.0 Å². The number of hydrogen-bond donors (Lipinski definition) is 2. The van der Waals surface area contributed by atoms with E-state index in [1.165, 1.54) is 0 Å². The molecular formula is C12H13N5O3S. The van der Waals surface area contributed by atoms with Crippen molar-refractivity contribution in [3.8, 4) is 6.07 Å². The Bertz CT molecular complexity index is 762. The van der Waals surface area contributed by atoms with Gasteiger partial charge in [0.05, 0.1) is 0 Å². The zero-order valence-corrected chi connectivity index (χ0v) is 12.5. The summed E-state index contributed by atoms with van der Waals surface area (Å²) >= 11 is 1.10. The van der Waals surface area contributed by atoms with Gasteiger partial charge in [0.2, 0.25) is 5.91 Å². The van der Waals surface area contributed by atoms with E-state index in [4.69, 9.17) is 10.4 Å². The van der Waals surface area contributed by atoms with Crippen molar-refractivity contribution in [1.82, 2.24) is 14.8 Å². The monoisotopic (exact) mass is 307 g/mol. The van der Waals surface area contributed by atoms with E-state index in [0.29, 0.717) is 9.83 Å². The fraction of sp³-hybridized carbons (Fsp3) is 0.417. The van der Waals surface area contributed by atoms with Crippen molar-refractivity contribution < 1.29 is 14.7 Å². The number of hydrogen-bond acceptors (Lipinski definition) is 6. The minimum Gasteiger partial charge on any atom is -0.480 e. The molecule has 2 rings (SSSR count). The number of amides is 1. The fourth-order valence-corrected chi connectivity index (χ4v) is 2.40. The summed E-state index contributed by atoms with van der Waals surface area (Å²) in [5, 5.41) is 24.7. The van der Waals surface area contributed by atoms with Crippen LogP contribution in [0.5, 0.6) is 0 Å². The van der Waals surface area contributed by atoms with Crippen LogP contribution in [0.3, 0.4) is 0 Å².